The van der Waals surface area contributed by atoms with Gasteiger partial charge in [-0.1, -0.05) is 42.8 Å². The molecule has 4 rings (SSSR count). The second kappa shape index (κ2) is 9.87. The van der Waals surface area contributed by atoms with E-state index in [0.717, 1.165) is 36.9 Å². The first kappa shape index (κ1) is 21.9. The summed E-state index contributed by atoms with van der Waals surface area (Å²) in [5.74, 6) is -0.641. The summed E-state index contributed by atoms with van der Waals surface area (Å²) < 4.78 is 20.4. The van der Waals surface area contributed by atoms with Gasteiger partial charge in [0.15, 0.2) is 0 Å². The van der Waals surface area contributed by atoms with E-state index in [1.165, 1.54) is 12.1 Å². The monoisotopic (exact) mass is 434 g/mol. The predicted octanol–water partition coefficient (Wildman–Crippen LogP) is 4.47. The number of halogens is 1. The van der Waals surface area contributed by atoms with Crippen LogP contribution >= 0.6 is 0 Å². The van der Waals surface area contributed by atoms with Crippen LogP contribution in [0.1, 0.15) is 53.2 Å². The Hall–Kier alpha value is -3.32. The summed E-state index contributed by atoms with van der Waals surface area (Å²) in [6.07, 6.45) is 5.90. The maximum Gasteiger partial charge on any atom is 0.254 e. The molecule has 0 aliphatic heterocycles. The average molecular weight is 435 g/mol. The summed E-state index contributed by atoms with van der Waals surface area (Å²) >= 11 is 0. The van der Waals surface area contributed by atoms with Crippen molar-refractivity contribution in [1.82, 2.24) is 15.3 Å². The molecule has 2 atom stereocenters. The van der Waals surface area contributed by atoms with Crippen LogP contribution < -0.4 is 11.1 Å². The fourth-order valence-corrected chi connectivity index (χ4v) is 4.17. The summed E-state index contributed by atoms with van der Waals surface area (Å²) in [6.45, 7) is 0.325. The summed E-state index contributed by atoms with van der Waals surface area (Å²) in [6, 6.07) is 13.9. The summed E-state index contributed by atoms with van der Waals surface area (Å²) in [4.78, 5) is 21.5. The Bertz CT molecular complexity index is 1090. The van der Waals surface area contributed by atoms with Gasteiger partial charge in [0.25, 0.3) is 5.91 Å². The van der Waals surface area contributed by atoms with E-state index in [0.29, 0.717) is 17.8 Å². The van der Waals surface area contributed by atoms with Gasteiger partial charge in [0.2, 0.25) is 0 Å². The van der Waals surface area contributed by atoms with Gasteiger partial charge in [0.05, 0.1) is 23.6 Å². The van der Waals surface area contributed by atoms with Gasteiger partial charge < -0.3 is 15.8 Å². The van der Waals surface area contributed by atoms with E-state index >= 15 is 0 Å². The largest absolute Gasteiger partial charge is 0.382 e. The van der Waals surface area contributed by atoms with Crippen molar-refractivity contribution in [2.24, 2.45) is 0 Å². The topological polar surface area (TPSA) is 90.1 Å². The minimum Gasteiger partial charge on any atom is -0.382 e. The Morgan fingerprint density at radius 1 is 1.22 bits per heavy atom. The van der Waals surface area contributed by atoms with Crippen molar-refractivity contribution < 1.29 is 13.9 Å². The normalized spacial score (nSPS) is 18.3. The van der Waals surface area contributed by atoms with E-state index in [1.807, 2.05) is 30.3 Å². The highest BCUT2D eigenvalue weighted by Crippen LogP contribution is 2.34. The highest BCUT2D eigenvalue weighted by Gasteiger charge is 2.25. The number of ether oxygens (including phenoxy) is 1. The number of nitrogens with zero attached hydrogens (tertiary/aromatic N) is 2. The van der Waals surface area contributed by atoms with Crippen LogP contribution in [-0.4, -0.2) is 29.1 Å². The molecule has 0 saturated heterocycles. The van der Waals surface area contributed by atoms with Crippen LogP contribution in [0.2, 0.25) is 0 Å². The summed E-state index contributed by atoms with van der Waals surface area (Å²) in [5.41, 5.74) is 8.74. The lowest BCUT2D eigenvalue weighted by molar-refractivity contribution is 0.0630. The molecule has 0 spiro atoms. The van der Waals surface area contributed by atoms with Crippen molar-refractivity contribution in [3.05, 3.63) is 77.4 Å². The Labute approximate surface area is 187 Å². The molecule has 0 unspecified atom stereocenters. The molecule has 1 aliphatic carbocycles. The first-order valence-corrected chi connectivity index (χ1v) is 10.8. The molecule has 1 saturated carbocycles. The van der Waals surface area contributed by atoms with Gasteiger partial charge in [-0.3, -0.25) is 4.79 Å². The van der Waals surface area contributed by atoms with E-state index in [1.54, 1.807) is 19.4 Å². The molecule has 1 heterocycles. The number of rotatable bonds is 6. The number of nitrogens with two attached hydrogens (primary N) is 1. The van der Waals surface area contributed by atoms with Crippen molar-refractivity contribution in [2.45, 2.75) is 44.2 Å². The zero-order valence-electron chi connectivity index (χ0n) is 18.1. The standard InChI is InChI=1S/C25H27FN4O2/c1-32-19-9-5-8-17(12-19)22-15-28-24(27)23(30-22)18-10-11-20(21(26)13-18)25(31)29-14-16-6-3-2-4-7-16/h2-4,6-7,10-11,13,15,17,19H,5,8-9,12,14H2,1H3,(H2,27,28)(H,29,31)/t17-,19+/m1/s1. The molecule has 3 N–H and O–H groups in total. The zero-order chi connectivity index (χ0) is 22.5. The Morgan fingerprint density at radius 3 is 2.78 bits per heavy atom. The number of methoxy groups -OCH3 is 1. The SMILES string of the molecule is CO[C@H]1CCC[C@@H](c2cnc(N)c(-c3ccc(C(=O)NCc4ccccc4)c(F)c3)n2)C1. The number of carbonyl (C=O) groups excluding carboxylic acids is 1. The molecule has 0 bridgehead atoms. The summed E-state index contributed by atoms with van der Waals surface area (Å²) in [7, 11) is 1.73. The lowest BCUT2D eigenvalue weighted by atomic mass is 9.85. The number of nitrogens with one attached hydrogen (secondary N) is 1. The van der Waals surface area contributed by atoms with Crippen molar-refractivity contribution in [3.8, 4) is 11.3 Å². The number of hydrogen-bond acceptors (Lipinski definition) is 5. The second-order valence-electron chi connectivity index (χ2n) is 8.11. The van der Waals surface area contributed by atoms with E-state index in [4.69, 9.17) is 15.5 Å². The smallest absolute Gasteiger partial charge is 0.254 e. The number of hydrogen-bond donors (Lipinski definition) is 2. The van der Waals surface area contributed by atoms with Crippen LogP contribution in [0.5, 0.6) is 0 Å². The van der Waals surface area contributed by atoms with Crippen LogP contribution in [0.15, 0.2) is 54.7 Å². The third kappa shape index (κ3) is 4.94. The van der Waals surface area contributed by atoms with Gasteiger partial charge in [-0.15, -0.1) is 0 Å². The first-order valence-electron chi connectivity index (χ1n) is 10.8. The molecule has 2 aromatic carbocycles. The van der Waals surface area contributed by atoms with Crippen LogP contribution in [0, 0.1) is 5.82 Å². The van der Waals surface area contributed by atoms with E-state index < -0.39 is 11.7 Å². The molecule has 32 heavy (non-hydrogen) atoms. The third-order valence-electron chi connectivity index (χ3n) is 5.98. The number of anilines is 1. The van der Waals surface area contributed by atoms with Gasteiger partial charge in [-0.25, -0.2) is 14.4 Å². The lowest BCUT2D eigenvalue weighted by Gasteiger charge is -2.27. The fraction of sp³-hybridized carbons (Fsp3) is 0.320. The van der Waals surface area contributed by atoms with Crippen molar-refractivity contribution >= 4 is 11.7 Å². The molecule has 1 aromatic heterocycles. The molecular formula is C25H27FN4O2. The minimum atomic E-state index is -0.628. The fourth-order valence-electron chi connectivity index (χ4n) is 4.17. The Morgan fingerprint density at radius 2 is 2.03 bits per heavy atom. The molecule has 1 fully saturated rings. The van der Waals surface area contributed by atoms with Gasteiger partial charge in [-0.2, -0.15) is 0 Å². The van der Waals surface area contributed by atoms with Crippen molar-refractivity contribution in [3.63, 3.8) is 0 Å². The first-order chi connectivity index (χ1) is 15.5. The van der Waals surface area contributed by atoms with Crippen molar-refractivity contribution in [2.75, 3.05) is 12.8 Å². The number of carbonyl (C=O) groups is 1. The molecular weight excluding hydrogens is 407 g/mol. The van der Waals surface area contributed by atoms with E-state index in [9.17, 15) is 9.18 Å². The second-order valence-corrected chi connectivity index (χ2v) is 8.11. The van der Waals surface area contributed by atoms with E-state index in [2.05, 4.69) is 10.3 Å². The van der Waals surface area contributed by atoms with Gasteiger partial charge in [-0.05, 0) is 37.0 Å². The predicted molar refractivity (Wildman–Crippen MR) is 121 cm³/mol. The van der Waals surface area contributed by atoms with Crippen LogP contribution in [0.3, 0.4) is 0 Å². The number of aromatic nitrogens is 2. The molecule has 1 aliphatic rings. The molecule has 1 amide bonds. The highest BCUT2D eigenvalue weighted by molar-refractivity contribution is 5.95. The third-order valence-corrected chi connectivity index (χ3v) is 5.98. The maximum absolute atomic E-state index is 14.8. The van der Waals surface area contributed by atoms with E-state index in [-0.39, 0.29) is 23.4 Å². The van der Waals surface area contributed by atoms with Gasteiger partial charge >= 0.3 is 0 Å². The molecule has 3 aromatic rings. The van der Waals surface area contributed by atoms with Gasteiger partial charge in [0.1, 0.15) is 17.3 Å². The molecule has 6 nitrogen and oxygen atoms in total. The Balaban J connectivity index is 1.52. The highest BCUT2D eigenvalue weighted by atomic mass is 19.1. The van der Waals surface area contributed by atoms with Gasteiger partial charge in [0, 0.05) is 25.1 Å². The average Bonchev–Trinajstić information content (AvgIpc) is 2.83. The van der Waals surface area contributed by atoms with Crippen LogP contribution in [0.25, 0.3) is 11.3 Å². The van der Waals surface area contributed by atoms with Crippen molar-refractivity contribution in [1.29, 1.82) is 0 Å². The van der Waals surface area contributed by atoms with Crippen LogP contribution in [0.4, 0.5) is 10.2 Å². The molecule has 166 valence electrons. The number of amides is 1. The quantitative estimate of drug-likeness (QED) is 0.598. The zero-order valence-corrected chi connectivity index (χ0v) is 18.1. The lowest BCUT2D eigenvalue weighted by Crippen LogP contribution is -2.23. The number of nitrogen functional groups attached to an aromatic ring is 1. The number of benzene rings is 2. The summed E-state index contributed by atoms with van der Waals surface area (Å²) in [5, 5.41) is 2.74. The molecule has 7 heteroatoms. The molecule has 0 radical (unpaired) electrons. The maximum atomic E-state index is 14.8. The Kier molecular flexibility index (Phi) is 6.75. The minimum absolute atomic E-state index is 0.0254. The van der Waals surface area contributed by atoms with Crippen LogP contribution in [-0.2, 0) is 11.3 Å².